The molecule has 3 N–H and O–H groups in total. The van der Waals surface area contributed by atoms with Crippen molar-refractivity contribution in [3.63, 3.8) is 0 Å². The zero-order valence-electron chi connectivity index (χ0n) is 15.8. The second kappa shape index (κ2) is 6.43. The van der Waals surface area contributed by atoms with E-state index < -0.39 is 0 Å². The second-order valence-corrected chi connectivity index (χ2v) is 8.33. The van der Waals surface area contributed by atoms with Crippen molar-refractivity contribution in [2.75, 3.05) is 0 Å². The molecular weight excluding hydrogens is 314 g/mol. The first kappa shape index (κ1) is 18.8. The summed E-state index contributed by atoms with van der Waals surface area (Å²) < 4.78 is 0. The van der Waals surface area contributed by atoms with Crippen molar-refractivity contribution in [3.8, 4) is 17.2 Å². The molecule has 0 fully saturated rings. The van der Waals surface area contributed by atoms with Gasteiger partial charge < -0.3 is 15.3 Å². The van der Waals surface area contributed by atoms with Crippen molar-refractivity contribution in [1.29, 1.82) is 0 Å². The molecule has 0 unspecified atom stereocenters. The molecule has 0 aliphatic carbocycles. The Morgan fingerprint density at radius 3 is 1.88 bits per heavy atom. The minimum Gasteiger partial charge on any atom is -0.506 e. The third-order valence-corrected chi connectivity index (χ3v) is 4.14. The summed E-state index contributed by atoms with van der Waals surface area (Å²) in [7, 11) is 0. The van der Waals surface area contributed by atoms with E-state index >= 15 is 0 Å². The Bertz CT molecular complexity index is 809. The van der Waals surface area contributed by atoms with Crippen LogP contribution in [-0.4, -0.2) is 21.5 Å². The number of hydrogen-bond acceptors (Lipinski definition) is 4. The predicted molar refractivity (Wildman–Crippen MR) is 103 cm³/mol. The summed E-state index contributed by atoms with van der Waals surface area (Å²) in [4.78, 5) is 4.30. The van der Waals surface area contributed by atoms with Gasteiger partial charge in [0.25, 0.3) is 0 Å². The summed E-state index contributed by atoms with van der Waals surface area (Å²) in [6, 6.07) is 8.66. The Hall–Kier alpha value is -2.49. The van der Waals surface area contributed by atoms with Crippen LogP contribution in [0.5, 0.6) is 17.2 Å². The van der Waals surface area contributed by atoms with E-state index in [0.717, 1.165) is 5.56 Å². The van der Waals surface area contributed by atoms with Crippen molar-refractivity contribution in [2.45, 2.75) is 52.4 Å². The fourth-order valence-electron chi connectivity index (χ4n) is 2.70. The van der Waals surface area contributed by atoms with Crippen LogP contribution >= 0.6 is 0 Å². The summed E-state index contributed by atoms with van der Waals surface area (Å²) in [5, 5.41) is 31.0. The minimum absolute atomic E-state index is 0.0612. The van der Waals surface area contributed by atoms with Gasteiger partial charge in [0.1, 0.15) is 11.4 Å². The van der Waals surface area contributed by atoms with Crippen LogP contribution in [-0.2, 0) is 10.8 Å². The highest BCUT2D eigenvalue weighted by Gasteiger charge is 2.28. The first-order valence-electron chi connectivity index (χ1n) is 8.35. The molecular formula is C21H27NO3. The van der Waals surface area contributed by atoms with Crippen molar-refractivity contribution >= 4 is 11.9 Å². The molecule has 0 aromatic heterocycles. The van der Waals surface area contributed by atoms with Crippen molar-refractivity contribution in [1.82, 2.24) is 0 Å². The number of rotatable bonds is 2. The molecule has 0 saturated heterocycles. The average Bonchev–Trinajstić information content (AvgIpc) is 2.47. The fourth-order valence-corrected chi connectivity index (χ4v) is 2.70. The molecule has 0 saturated carbocycles. The van der Waals surface area contributed by atoms with Gasteiger partial charge in [-0.25, -0.2) is 0 Å². The van der Waals surface area contributed by atoms with E-state index in [1.165, 1.54) is 6.21 Å². The van der Waals surface area contributed by atoms with Gasteiger partial charge in [0.15, 0.2) is 11.5 Å². The molecule has 2 aromatic rings. The smallest absolute Gasteiger partial charge is 0.167 e. The lowest BCUT2D eigenvalue weighted by Gasteiger charge is -2.28. The monoisotopic (exact) mass is 341 g/mol. The van der Waals surface area contributed by atoms with Crippen molar-refractivity contribution < 1.29 is 15.3 Å². The Balaban J connectivity index is 2.69. The molecule has 0 atom stereocenters. The van der Waals surface area contributed by atoms with Crippen LogP contribution in [0.2, 0.25) is 0 Å². The lowest BCUT2D eigenvalue weighted by atomic mass is 9.77. The zero-order chi connectivity index (χ0) is 19.0. The minimum atomic E-state index is -0.311. The van der Waals surface area contributed by atoms with Crippen LogP contribution in [0, 0.1) is 0 Å². The fraction of sp³-hybridized carbons (Fsp3) is 0.381. The zero-order valence-corrected chi connectivity index (χ0v) is 15.8. The number of para-hydroxylation sites is 2. The maximum atomic E-state index is 10.6. The van der Waals surface area contributed by atoms with E-state index in [9.17, 15) is 15.3 Å². The summed E-state index contributed by atoms with van der Waals surface area (Å²) in [6.07, 6.45) is 1.50. The van der Waals surface area contributed by atoms with Crippen LogP contribution in [0.15, 0.2) is 35.3 Å². The van der Waals surface area contributed by atoms with Gasteiger partial charge >= 0.3 is 0 Å². The number of aromatic hydroxyl groups is 3. The highest BCUT2D eigenvalue weighted by molar-refractivity contribution is 5.90. The van der Waals surface area contributed by atoms with E-state index in [1.54, 1.807) is 24.3 Å². The van der Waals surface area contributed by atoms with Crippen LogP contribution in [0.3, 0.4) is 0 Å². The number of benzene rings is 2. The predicted octanol–water partition coefficient (Wildman–Crippen LogP) is 5.15. The SMILES string of the molecule is CC(C)(C)c1cc(C(C)(C)C)c(C=Nc2ccccc2O)c(O)c1O. The Labute approximate surface area is 149 Å². The molecule has 134 valence electrons. The molecule has 0 aliphatic heterocycles. The lowest BCUT2D eigenvalue weighted by molar-refractivity contribution is 0.386. The number of phenols is 3. The van der Waals surface area contributed by atoms with Crippen LogP contribution in [0.25, 0.3) is 0 Å². The van der Waals surface area contributed by atoms with Crippen molar-refractivity contribution in [3.05, 3.63) is 47.0 Å². The van der Waals surface area contributed by atoms with E-state index in [-0.39, 0.29) is 28.1 Å². The number of phenolic OH excluding ortho intramolecular Hbond substituents is 3. The number of aliphatic imine (C=N–C) groups is 1. The Kier molecular flexibility index (Phi) is 4.85. The highest BCUT2D eigenvalue weighted by Crippen LogP contribution is 2.43. The maximum Gasteiger partial charge on any atom is 0.167 e. The van der Waals surface area contributed by atoms with E-state index in [1.807, 2.05) is 47.6 Å². The quantitative estimate of drug-likeness (QED) is 0.522. The highest BCUT2D eigenvalue weighted by atomic mass is 16.3. The maximum absolute atomic E-state index is 10.6. The molecule has 0 spiro atoms. The normalized spacial score (nSPS) is 12.7. The van der Waals surface area contributed by atoms with Crippen LogP contribution < -0.4 is 0 Å². The van der Waals surface area contributed by atoms with E-state index in [0.29, 0.717) is 16.8 Å². The molecule has 0 amide bonds. The van der Waals surface area contributed by atoms with Gasteiger partial charge in [-0.1, -0.05) is 59.7 Å². The molecule has 2 aromatic carbocycles. The van der Waals surface area contributed by atoms with Gasteiger partial charge in [0, 0.05) is 17.3 Å². The largest absolute Gasteiger partial charge is 0.506 e. The molecule has 4 nitrogen and oxygen atoms in total. The lowest BCUT2D eigenvalue weighted by Crippen LogP contribution is -2.19. The third-order valence-electron chi connectivity index (χ3n) is 4.14. The van der Waals surface area contributed by atoms with Gasteiger partial charge in [0.2, 0.25) is 0 Å². The van der Waals surface area contributed by atoms with Gasteiger partial charge in [-0.3, -0.25) is 4.99 Å². The third kappa shape index (κ3) is 3.95. The molecule has 0 heterocycles. The molecule has 4 heteroatoms. The summed E-state index contributed by atoms with van der Waals surface area (Å²) in [6.45, 7) is 12.1. The standard InChI is InChI=1S/C21H27NO3/c1-20(2,3)14-11-15(21(4,5)6)19(25)18(24)13(14)12-22-16-9-7-8-10-17(16)23/h7-12,23-25H,1-6H3. The first-order valence-corrected chi connectivity index (χ1v) is 8.35. The van der Waals surface area contributed by atoms with Gasteiger partial charge in [0.05, 0.1) is 0 Å². The van der Waals surface area contributed by atoms with Gasteiger partial charge in [-0.15, -0.1) is 0 Å². The van der Waals surface area contributed by atoms with Crippen LogP contribution in [0.1, 0.15) is 58.2 Å². The van der Waals surface area contributed by atoms with Crippen LogP contribution in [0.4, 0.5) is 5.69 Å². The van der Waals surface area contributed by atoms with Gasteiger partial charge in [-0.2, -0.15) is 0 Å². The average molecular weight is 341 g/mol. The van der Waals surface area contributed by atoms with E-state index in [4.69, 9.17) is 0 Å². The Morgan fingerprint density at radius 2 is 1.36 bits per heavy atom. The van der Waals surface area contributed by atoms with Gasteiger partial charge in [-0.05, 0) is 28.5 Å². The Morgan fingerprint density at radius 1 is 0.800 bits per heavy atom. The molecule has 2 rings (SSSR count). The number of hydrogen-bond donors (Lipinski definition) is 3. The topological polar surface area (TPSA) is 73.1 Å². The second-order valence-electron chi connectivity index (χ2n) is 8.33. The molecule has 25 heavy (non-hydrogen) atoms. The molecule has 0 aliphatic rings. The molecule has 0 bridgehead atoms. The summed E-state index contributed by atoms with van der Waals surface area (Å²) >= 11 is 0. The molecule has 0 radical (unpaired) electrons. The summed E-state index contributed by atoms with van der Waals surface area (Å²) in [5.41, 5.74) is 1.86. The number of nitrogens with zero attached hydrogens (tertiary/aromatic N) is 1. The van der Waals surface area contributed by atoms with E-state index in [2.05, 4.69) is 4.99 Å². The summed E-state index contributed by atoms with van der Waals surface area (Å²) in [5.74, 6) is -0.248. The van der Waals surface area contributed by atoms with Crippen molar-refractivity contribution in [2.24, 2.45) is 4.99 Å². The first-order chi connectivity index (χ1) is 11.4.